The average molecular weight is 188 g/mol. The highest BCUT2D eigenvalue weighted by atomic mass is 19.1. The van der Waals surface area contributed by atoms with E-state index in [0.717, 1.165) is 6.92 Å². The van der Waals surface area contributed by atoms with Gasteiger partial charge >= 0.3 is 5.97 Å². The van der Waals surface area contributed by atoms with E-state index in [1.54, 1.807) is 6.92 Å². The monoisotopic (exact) mass is 188 g/mol. The van der Waals surface area contributed by atoms with Gasteiger partial charge in [-0.3, -0.25) is 4.79 Å². The molecular formula is C9H13FO3. The van der Waals surface area contributed by atoms with Crippen molar-refractivity contribution in [2.75, 3.05) is 6.61 Å². The molecule has 4 heteroatoms. The van der Waals surface area contributed by atoms with Crippen LogP contribution in [0.3, 0.4) is 0 Å². The lowest BCUT2D eigenvalue weighted by Crippen LogP contribution is -2.41. The highest BCUT2D eigenvalue weighted by Crippen LogP contribution is 2.20. The number of esters is 1. The fraction of sp³-hybridized carbons (Fsp3) is 0.556. The van der Waals surface area contributed by atoms with E-state index in [2.05, 4.69) is 11.3 Å². The summed E-state index contributed by atoms with van der Waals surface area (Å²) in [7, 11) is 0. The van der Waals surface area contributed by atoms with Crippen molar-refractivity contribution in [1.82, 2.24) is 0 Å². The van der Waals surface area contributed by atoms with Gasteiger partial charge in [-0.25, -0.2) is 9.18 Å². The molecule has 0 aromatic rings. The number of hydrogen-bond acceptors (Lipinski definition) is 3. The SMILES string of the molecule is C=CCC(F)(C(C)=O)C(=O)OCC. The second-order valence-electron chi connectivity index (χ2n) is 2.57. The van der Waals surface area contributed by atoms with Gasteiger partial charge in [-0.15, -0.1) is 6.58 Å². The molecule has 1 atom stereocenters. The van der Waals surface area contributed by atoms with Gasteiger partial charge in [0.2, 0.25) is 0 Å². The van der Waals surface area contributed by atoms with Crippen LogP contribution in [0.5, 0.6) is 0 Å². The molecule has 0 aliphatic heterocycles. The Labute approximate surface area is 76.6 Å². The van der Waals surface area contributed by atoms with Crippen molar-refractivity contribution < 1.29 is 18.7 Å². The summed E-state index contributed by atoms with van der Waals surface area (Å²) in [5.41, 5.74) is -2.56. The molecule has 0 aromatic carbocycles. The summed E-state index contributed by atoms with van der Waals surface area (Å²) in [6.45, 7) is 5.88. The summed E-state index contributed by atoms with van der Waals surface area (Å²) in [5, 5.41) is 0. The first-order chi connectivity index (χ1) is 5.99. The minimum absolute atomic E-state index is 0.0505. The molecule has 13 heavy (non-hydrogen) atoms. The van der Waals surface area contributed by atoms with E-state index in [9.17, 15) is 14.0 Å². The first-order valence-corrected chi connectivity index (χ1v) is 3.97. The highest BCUT2D eigenvalue weighted by Gasteiger charge is 2.44. The second-order valence-corrected chi connectivity index (χ2v) is 2.57. The van der Waals surface area contributed by atoms with Crippen molar-refractivity contribution in [1.29, 1.82) is 0 Å². The molecule has 0 saturated carbocycles. The van der Waals surface area contributed by atoms with Gasteiger partial charge in [-0.1, -0.05) is 6.08 Å². The number of ether oxygens (including phenoxy) is 1. The van der Waals surface area contributed by atoms with Crippen LogP contribution in [0.4, 0.5) is 4.39 Å². The molecule has 0 radical (unpaired) electrons. The number of alkyl halides is 1. The smallest absolute Gasteiger partial charge is 0.352 e. The largest absolute Gasteiger partial charge is 0.463 e. The first-order valence-electron chi connectivity index (χ1n) is 3.97. The fourth-order valence-electron chi connectivity index (χ4n) is 0.815. The average Bonchev–Trinajstić information content (AvgIpc) is 2.04. The molecule has 0 saturated heterocycles. The highest BCUT2D eigenvalue weighted by molar-refractivity contribution is 6.06. The van der Waals surface area contributed by atoms with Crippen LogP contribution in [0.1, 0.15) is 20.3 Å². The maximum atomic E-state index is 13.6. The van der Waals surface area contributed by atoms with E-state index < -0.39 is 17.4 Å². The van der Waals surface area contributed by atoms with Crippen LogP contribution >= 0.6 is 0 Å². The van der Waals surface area contributed by atoms with Crippen molar-refractivity contribution in [2.24, 2.45) is 0 Å². The van der Waals surface area contributed by atoms with Crippen LogP contribution in [0.2, 0.25) is 0 Å². The third kappa shape index (κ3) is 2.65. The molecule has 74 valence electrons. The van der Waals surface area contributed by atoms with Crippen molar-refractivity contribution in [2.45, 2.75) is 25.9 Å². The molecule has 0 rings (SSSR count). The molecule has 0 spiro atoms. The van der Waals surface area contributed by atoms with Crippen LogP contribution < -0.4 is 0 Å². The Morgan fingerprint density at radius 3 is 2.46 bits per heavy atom. The standard InChI is InChI=1S/C9H13FO3/c1-4-6-9(10,7(3)11)8(12)13-5-2/h4H,1,5-6H2,2-3H3. The Hall–Kier alpha value is -1.19. The lowest BCUT2D eigenvalue weighted by Gasteiger charge is -2.17. The molecule has 3 nitrogen and oxygen atoms in total. The van der Waals surface area contributed by atoms with Crippen molar-refractivity contribution in [3.8, 4) is 0 Å². The topological polar surface area (TPSA) is 43.4 Å². The molecule has 0 heterocycles. The van der Waals surface area contributed by atoms with Gasteiger partial charge < -0.3 is 4.74 Å². The number of carbonyl (C=O) groups excluding carboxylic acids is 2. The zero-order chi connectivity index (χ0) is 10.5. The van der Waals surface area contributed by atoms with Gasteiger partial charge in [0.25, 0.3) is 5.67 Å². The second kappa shape index (κ2) is 4.74. The fourth-order valence-corrected chi connectivity index (χ4v) is 0.815. The molecular weight excluding hydrogens is 175 g/mol. The van der Waals surface area contributed by atoms with Crippen molar-refractivity contribution >= 4 is 11.8 Å². The summed E-state index contributed by atoms with van der Waals surface area (Å²) in [6, 6.07) is 0. The molecule has 0 bridgehead atoms. The molecule has 0 fully saturated rings. The Morgan fingerprint density at radius 2 is 2.15 bits per heavy atom. The number of allylic oxidation sites excluding steroid dienone is 1. The number of hydrogen-bond donors (Lipinski definition) is 0. The summed E-state index contributed by atoms with van der Waals surface area (Å²) >= 11 is 0. The number of Topliss-reactive ketones (excluding diaryl/α,β-unsaturated/α-hetero) is 1. The van der Waals surface area contributed by atoms with Gasteiger partial charge in [0.1, 0.15) is 0 Å². The Balaban J connectivity index is 4.67. The summed E-state index contributed by atoms with van der Waals surface area (Å²) in [5.74, 6) is -1.99. The van der Waals surface area contributed by atoms with Crippen LogP contribution in [-0.4, -0.2) is 24.0 Å². The molecule has 0 aliphatic carbocycles. The predicted octanol–water partition coefficient (Wildman–Crippen LogP) is 1.42. The van der Waals surface area contributed by atoms with E-state index in [4.69, 9.17) is 0 Å². The summed E-state index contributed by atoms with van der Waals surface area (Å²) in [6.07, 6.45) is 0.833. The van der Waals surface area contributed by atoms with Crippen LogP contribution in [0, 0.1) is 0 Å². The first kappa shape index (κ1) is 11.8. The molecule has 0 aromatic heterocycles. The number of carbonyl (C=O) groups is 2. The number of halogens is 1. The number of ketones is 1. The summed E-state index contributed by atoms with van der Waals surface area (Å²) < 4.78 is 18.0. The maximum absolute atomic E-state index is 13.6. The van der Waals surface area contributed by atoms with E-state index in [1.807, 2.05) is 0 Å². The van der Waals surface area contributed by atoms with Crippen LogP contribution in [0.15, 0.2) is 12.7 Å². The van der Waals surface area contributed by atoms with Crippen LogP contribution in [0.25, 0.3) is 0 Å². The molecule has 0 amide bonds. The third-order valence-electron chi connectivity index (χ3n) is 1.58. The van der Waals surface area contributed by atoms with E-state index >= 15 is 0 Å². The maximum Gasteiger partial charge on any atom is 0.352 e. The predicted molar refractivity (Wildman–Crippen MR) is 46.0 cm³/mol. The molecule has 0 N–H and O–H groups in total. The van der Waals surface area contributed by atoms with Crippen LogP contribution in [-0.2, 0) is 14.3 Å². The lowest BCUT2D eigenvalue weighted by molar-refractivity contribution is -0.161. The minimum atomic E-state index is -2.56. The Bertz CT molecular complexity index is 225. The van der Waals surface area contributed by atoms with Crippen molar-refractivity contribution in [3.63, 3.8) is 0 Å². The Morgan fingerprint density at radius 1 is 1.62 bits per heavy atom. The van der Waals surface area contributed by atoms with E-state index in [0.29, 0.717) is 0 Å². The van der Waals surface area contributed by atoms with Gasteiger partial charge in [0.15, 0.2) is 5.78 Å². The van der Waals surface area contributed by atoms with Gasteiger partial charge in [-0.2, -0.15) is 0 Å². The minimum Gasteiger partial charge on any atom is -0.463 e. The van der Waals surface area contributed by atoms with Gasteiger partial charge in [0, 0.05) is 6.42 Å². The normalized spacial score (nSPS) is 14.4. The van der Waals surface area contributed by atoms with Gasteiger partial charge in [0.05, 0.1) is 6.61 Å². The third-order valence-corrected chi connectivity index (χ3v) is 1.58. The molecule has 0 aliphatic rings. The quantitative estimate of drug-likeness (QED) is 0.372. The van der Waals surface area contributed by atoms with Crippen molar-refractivity contribution in [3.05, 3.63) is 12.7 Å². The van der Waals surface area contributed by atoms with Gasteiger partial charge in [-0.05, 0) is 13.8 Å². The Kier molecular flexibility index (Phi) is 4.31. The summed E-state index contributed by atoms with van der Waals surface area (Å²) in [4.78, 5) is 21.9. The number of rotatable bonds is 5. The zero-order valence-corrected chi connectivity index (χ0v) is 7.80. The zero-order valence-electron chi connectivity index (χ0n) is 7.80. The van der Waals surface area contributed by atoms with E-state index in [1.165, 1.54) is 6.08 Å². The lowest BCUT2D eigenvalue weighted by atomic mass is 9.98. The van der Waals surface area contributed by atoms with E-state index in [-0.39, 0.29) is 13.0 Å². The molecule has 1 unspecified atom stereocenters.